The Morgan fingerprint density at radius 2 is 1.64 bits per heavy atom. The molecule has 0 aliphatic rings. The number of hydrogen-bond donors (Lipinski definition) is 1. The number of ether oxygens (including phenoxy) is 1. The molecule has 0 saturated heterocycles. The third kappa shape index (κ3) is 5.20. The van der Waals surface area contributed by atoms with Crippen molar-refractivity contribution in [1.82, 2.24) is 5.32 Å². The largest absolute Gasteiger partial charge is 0.457 e. The van der Waals surface area contributed by atoms with Crippen LogP contribution in [-0.2, 0) is 11.3 Å². The van der Waals surface area contributed by atoms with Crippen molar-refractivity contribution < 1.29 is 13.9 Å². The van der Waals surface area contributed by atoms with Crippen LogP contribution in [0, 0.1) is 5.82 Å². The van der Waals surface area contributed by atoms with E-state index in [0.29, 0.717) is 24.5 Å². The molecule has 0 unspecified atom stereocenters. The van der Waals surface area contributed by atoms with Gasteiger partial charge in [0.25, 0.3) is 0 Å². The molecule has 2 rings (SSSR count). The highest BCUT2D eigenvalue weighted by Crippen LogP contribution is 2.21. The van der Waals surface area contributed by atoms with Gasteiger partial charge in [-0.15, -0.1) is 0 Å². The third-order valence-corrected chi connectivity index (χ3v) is 3.22. The smallest absolute Gasteiger partial charge is 0.220 e. The summed E-state index contributed by atoms with van der Waals surface area (Å²) in [6.07, 6.45) is 2.50. The van der Waals surface area contributed by atoms with Crippen molar-refractivity contribution in [3.05, 3.63) is 59.9 Å². The standard InChI is InChI=1S/C18H20FNO2/c1-2-3-4-18(21)20-13-14-5-9-16(10-6-14)22-17-11-7-15(19)8-12-17/h5-12H,2-4,13H2,1H3,(H,20,21). The van der Waals surface area contributed by atoms with E-state index in [1.807, 2.05) is 24.3 Å². The first-order valence-corrected chi connectivity index (χ1v) is 7.46. The molecule has 1 N–H and O–H groups in total. The second-order valence-corrected chi connectivity index (χ2v) is 5.08. The average molecular weight is 301 g/mol. The number of carbonyl (C=O) groups excluding carboxylic acids is 1. The van der Waals surface area contributed by atoms with Crippen molar-refractivity contribution in [2.75, 3.05) is 0 Å². The molecule has 22 heavy (non-hydrogen) atoms. The monoisotopic (exact) mass is 301 g/mol. The quantitative estimate of drug-likeness (QED) is 0.822. The number of carbonyl (C=O) groups is 1. The van der Waals surface area contributed by atoms with Crippen molar-refractivity contribution in [1.29, 1.82) is 0 Å². The van der Waals surface area contributed by atoms with E-state index < -0.39 is 0 Å². The van der Waals surface area contributed by atoms with E-state index >= 15 is 0 Å². The van der Waals surface area contributed by atoms with E-state index in [2.05, 4.69) is 12.2 Å². The van der Waals surface area contributed by atoms with Crippen LogP contribution >= 0.6 is 0 Å². The molecule has 2 aromatic carbocycles. The zero-order valence-electron chi connectivity index (χ0n) is 12.6. The molecule has 116 valence electrons. The Balaban J connectivity index is 1.85. The summed E-state index contributed by atoms with van der Waals surface area (Å²) < 4.78 is 18.4. The van der Waals surface area contributed by atoms with Gasteiger partial charge in [0.1, 0.15) is 17.3 Å². The minimum atomic E-state index is -0.290. The van der Waals surface area contributed by atoms with Gasteiger partial charge >= 0.3 is 0 Å². The lowest BCUT2D eigenvalue weighted by Gasteiger charge is -2.08. The number of nitrogens with one attached hydrogen (secondary N) is 1. The molecule has 0 bridgehead atoms. The average Bonchev–Trinajstić information content (AvgIpc) is 2.54. The maximum Gasteiger partial charge on any atom is 0.220 e. The van der Waals surface area contributed by atoms with Crippen LogP contribution in [0.1, 0.15) is 31.7 Å². The molecule has 4 heteroatoms. The van der Waals surface area contributed by atoms with Gasteiger partial charge < -0.3 is 10.1 Å². The summed E-state index contributed by atoms with van der Waals surface area (Å²) >= 11 is 0. The molecule has 0 heterocycles. The minimum absolute atomic E-state index is 0.0773. The number of rotatable bonds is 7. The Bertz CT molecular complexity index is 593. The molecule has 0 atom stereocenters. The summed E-state index contributed by atoms with van der Waals surface area (Å²) in [5.74, 6) is 1.05. The fourth-order valence-electron chi connectivity index (χ4n) is 1.94. The number of benzene rings is 2. The van der Waals surface area contributed by atoms with E-state index in [4.69, 9.17) is 4.74 Å². The van der Waals surface area contributed by atoms with Gasteiger partial charge in [-0.25, -0.2) is 4.39 Å². The first-order valence-electron chi connectivity index (χ1n) is 7.46. The highest BCUT2D eigenvalue weighted by atomic mass is 19.1. The molecule has 2 aromatic rings. The maximum atomic E-state index is 12.8. The molecule has 0 spiro atoms. The zero-order valence-corrected chi connectivity index (χ0v) is 12.6. The van der Waals surface area contributed by atoms with E-state index in [9.17, 15) is 9.18 Å². The van der Waals surface area contributed by atoms with Crippen molar-refractivity contribution in [2.24, 2.45) is 0 Å². The fourth-order valence-corrected chi connectivity index (χ4v) is 1.94. The van der Waals surface area contributed by atoms with Crippen LogP contribution < -0.4 is 10.1 Å². The van der Waals surface area contributed by atoms with Crippen LogP contribution in [0.5, 0.6) is 11.5 Å². The lowest BCUT2D eigenvalue weighted by Crippen LogP contribution is -2.22. The van der Waals surface area contributed by atoms with E-state index in [1.54, 1.807) is 12.1 Å². The minimum Gasteiger partial charge on any atom is -0.457 e. The highest BCUT2D eigenvalue weighted by Gasteiger charge is 2.02. The summed E-state index contributed by atoms with van der Waals surface area (Å²) in [6, 6.07) is 13.3. The summed E-state index contributed by atoms with van der Waals surface area (Å²) in [6.45, 7) is 2.58. The summed E-state index contributed by atoms with van der Waals surface area (Å²) in [4.78, 5) is 11.5. The predicted octanol–water partition coefficient (Wildman–Crippen LogP) is 4.42. The van der Waals surface area contributed by atoms with Gasteiger partial charge in [0.05, 0.1) is 0 Å². The molecule has 0 radical (unpaired) electrons. The Morgan fingerprint density at radius 1 is 1.05 bits per heavy atom. The molecule has 0 aliphatic carbocycles. The molecular weight excluding hydrogens is 281 g/mol. The van der Waals surface area contributed by atoms with Gasteiger partial charge in [-0.3, -0.25) is 4.79 Å². The molecular formula is C18H20FNO2. The van der Waals surface area contributed by atoms with Crippen LogP contribution in [-0.4, -0.2) is 5.91 Å². The summed E-state index contributed by atoms with van der Waals surface area (Å²) in [7, 11) is 0. The van der Waals surface area contributed by atoms with Gasteiger partial charge in [-0.05, 0) is 48.4 Å². The van der Waals surface area contributed by atoms with Crippen molar-refractivity contribution in [3.63, 3.8) is 0 Å². The molecule has 0 fully saturated rings. The lowest BCUT2D eigenvalue weighted by atomic mass is 10.2. The topological polar surface area (TPSA) is 38.3 Å². The number of halogens is 1. The van der Waals surface area contributed by atoms with Crippen molar-refractivity contribution >= 4 is 5.91 Å². The molecule has 0 saturated carbocycles. The normalized spacial score (nSPS) is 10.3. The van der Waals surface area contributed by atoms with Crippen LogP contribution in [0.4, 0.5) is 4.39 Å². The number of amides is 1. The van der Waals surface area contributed by atoms with Crippen LogP contribution in [0.3, 0.4) is 0 Å². The second-order valence-electron chi connectivity index (χ2n) is 5.08. The summed E-state index contributed by atoms with van der Waals surface area (Å²) in [5, 5.41) is 2.89. The van der Waals surface area contributed by atoms with Crippen molar-refractivity contribution in [2.45, 2.75) is 32.7 Å². The third-order valence-electron chi connectivity index (χ3n) is 3.22. The van der Waals surface area contributed by atoms with Gasteiger partial charge in [-0.1, -0.05) is 25.5 Å². The van der Waals surface area contributed by atoms with Gasteiger partial charge in [0.15, 0.2) is 0 Å². The van der Waals surface area contributed by atoms with E-state index in [-0.39, 0.29) is 11.7 Å². The molecule has 0 aromatic heterocycles. The Hall–Kier alpha value is -2.36. The van der Waals surface area contributed by atoms with Gasteiger partial charge in [-0.2, -0.15) is 0 Å². The molecule has 3 nitrogen and oxygen atoms in total. The van der Waals surface area contributed by atoms with Crippen molar-refractivity contribution in [3.8, 4) is 11.5 Å². The maximum absolute atomic E-state index is 12.8. The van der Waals surface area contributed by atoms with Crippen LogP contribution in [0.15, 0.2) is 48.5 Å². The first-order chi connectivity index (χ1) is 10.7. The zero-order chi connectivity index (χ0) is 15.8. The SMILES string of the molecule is CCCCC(=O)NCc1ccc(Oc2ccc(F)cc2)cc1. The predicted molar refractivity (Wildman–Crippen MR) is 84.3 cm³/mol. The van der Waals surface area contributed by atoms with E-state index in [1.165, 1.54) is 12.1 Å². The molecule has 1 amide bonds. The van der Waals surface area contributed by atoms with Gasteiger partial charge in [0.2, 0.25) is 5.91 Å². The Kier molecular flexibility index (Phi) is 5.95. The molecule has 0 aliphatic heterocycles. The summed E-state index contributed by atoms with van der Waals surface area (Å²) in [5.41, 5.74) is 1.01. The van der Waals surface area contributed by atoms with Crippen LogP contribution in [0.2, 0.25) is 0 Å². The first kappa shape index (κ1) is 16.0. The Morgan fingerprint density at radius 3 is 2.23 bits per heavy atom. The fraction of sp³-hybridized carbons (Fsp3) is 0.278. The van der Waals surface area contributed by atoms with E-state index in [0.717, 1.165) is 18.4 Å². The second kappa shape index (κ2) is 8.17. The van der Waals surface area contributed by atoms with Gasteiger partial charge in [0, 0.05) is 13.0 Å². The number of hydrogen-bond acceptors (Lipinski definition) is 2. The Labute approximate surface area is 130 Å². The lowest BCUT2D eigenvalue weighted by molar-refractivity contribution is -0.121. The highest BCUT2D eigenvalue weighted by molar-refractivity contribution is 5.75. The van der Waals surface area contributed by atoms with Crippen LogP contribution in [0.25, 0.3) is 0 Å². The number of unbranched alkanes of at least 4 members (excludes halogenated alkanes) is 1.